The monoisotopic (exact) mass is 203 g/mol. The Labute approximate surface area is 85.9 Å². The second-order valence-corrected chi connectivity index (χ2v) is 2.96. The predicted molar refractivity (Wildman–Crippen MR) is 54.6 cm³/mol. The first-order valence-corrected chi connectivity index (χ1v) is 4.33. The summed E-state index contributed by atoms with van der Waals surface area (Å²) in [6.45, 7) is 0. The number of hydrogen-bond donors (Lipinski definition) is 1. The third-order valence-electron chi connectivity index (χ3n) is 2.06. The largest absolute Gasteiger partial charge is 0.493 e. The Morgan fingerprint density at radius 1 is 1.33 bits per heavy atom. The minimum absolute atomic E-state index is 0.0520. The van der Waals surface area contributed by atoms with Crippen molar-refractivity contribution in [2.24, 2.45) is 5.73 Å². The molecule has 5 heteroatoms. The van der Waals surface area contributed by atoms with Gasteiger partial charge in [0.15, 0.2) is 11.4 Å². The van der Waals surface area contributed by atoms with Crippen LogP contribution in [0.3, 0.4) is 0 Å². The minimum atomic E-state index is -0.648. The first-order valence-electron chi connectivity index (χ1n) is 4.33. The molecule has 0 aliphatic heterocycles. The van der Waals surface area contributed by atoms with Crippen molar-refractivity contribution in [3.63, 3.8) is 0 Å². The number of aromatic nitrogens is 2. The van der Waals surface area contributed by atoms with Gasteiger partial charge in [-0.1, -0.05) is 12.1 Å². The van der Waals surface area contributed by atoms with Crippen molar-refractivity contribution < 1.29 is 9.53 Å². The molecule has 0 bridgehead atoms. The highest BCUT2D eigenvalue weighted by molar-refractivity contribution is 5.99. The summed E-state index contributed by atoms with van der Waals surface area (Å²) in [7, 11) is 1.47. The fourth-order valence-corrected chi connectivity index (χ4v) is 1.40. The van der Waals surface area contributed by atoms with E-state index in [1.807, 2.05) is 12.1 Å². The van der Waals surface area contributed by atoms with Crippen molar-refractivity contribution in [2.75, 3.05) is 7.11 Å². The van der Waals surface area contributed by atoms with Crippen LogP contribution in [0.1, 0.15) is 10.5 Å². The summed E-state index contributed by atoms with van der Waals surface area (Å²) in [5.74, 6) is -0.279. The van der Waals surface area contributed by atoms with Crippen LogP contribution in [-0.2, 0) is 0 Å². The zero-order chi connectivity index (χ0) is 10.8. The third kappa shape index (κ3) is 1.48. The fraction of sp³-hybridized carbons (Fsp3) is 0.100. The highest BCUT2D eigenvalue weighted by atomic mass is 16.5. The van der Waals surface area contributed by atoms with Gasteiger partial charge in [-0.25, -0.2) is 0 Å². The van der Waals surface area contributed by atoms with E-state index in [-0.39, 0.29) is 5.69 Å². The van der Waals surface area contributed by atoms with E-state index in [9.17, 15) is 4.79 Å². The van der Waals surface area contributed by atoms with Crippen molar-refractivity contribution in [3.8, 4) is 5.75 Å². The van der Waals surface area contributed by atoms with Gasteiger partial charge in [0.1, 0.15) is 0 Å². The van der Waals surface area contributed by atoms with E-state index in [4.69, 9.17) is 10.5 Å². The van der Waals surface area contributed by atoms with E-state index in [0.717, 1.165) is 5.39 Å². The number of carbonyl (C=O) groups excluding carboxylic acids is 1. The number of rotatable bonds is 2. The van der Waals surface area contributed by atoms with Crippen LogP contribution in [0.25, 0.3) is 10.9 Å². The van der Waals surface area contributed by atoms with Gasteiger partial charge in [0.2, 0.25) is 0 Å². The van der Waals surface area contributed by atoms with Gasteiger partial charge in [-0.05, 0) is 12.1 Å². The Hall–Kier alpha value is -2.17. The first-order chi connectivity index (χ1) is 7.24. The van der Waals surface area contributed by atoms with Crippen molar-refractivity contribution in [1.82, 2.24) is 10.2 Å². The number of benzene rings is 1. The van der Waals surface area contributed by atoms with E-state index in [1.54, 1.807) is 12.1 Å². The molecule has 0 atom stereocenters. The molecule has 0 spiro atoms. The maximum atomic E-state index is 11.1. The van der Waals surface area contributed by atoms with Crippen LogP contribution in [0.15, 0.2) is 24.3 Å². The fourth-order valence-electron chi connectivity index (χ4n) is 1.40. The Morgan fingerprint density at radius 3 is 2.73 bits per heavy atom. The van der Waals surface area contributed by atoms with E-state index < -0.39 is 5.91 Å². The number of hydrogen-bond acceptors (Lipinski definition) is 4. The summed E-state index contributed by atoms with van der Waals surface area (Å²) in [5, 5.41) is 8.33. The predicted octanol–water partition coefficient (Wildman–Crippen LogP) is 0.737. The lowest BCUT2D eigenvalue weighted by atomic mass is 10.2. The SMILES string of the molecule is COc1c(C(N)=O)nnc2ccccc12. The van der Waals surface area contributed by atoms with Gasteiger partial charge in [-0.2, -0.15) is 0 Å². The van der Waals surface area contributed by atoms with Crippen LogP contribution < -0.4 is 10.5 Å². The molecule has 2 aromatic rings. The summed E-state index contributed by atoms with van der Waals surface area (Å²) in [5.41, 5.74) is 5.88. The molecule has 2 N–H and O–H groups in total. The molecule has 0 fully saturated rings. The van der Waals surface area contributed by atoms with Gasteiger partial charge >= 0.3 is 0 Å². The number of ether oxygens (including phenoxy) is 1. The van der Waals surface area contributed by atoms with Crippen LogP contribution in [0.4, 0.5) is 0 Å². The molecule has 0 radical (unpaired) electrons. The van der Waals surface area contributed by atoms with Crippen LogP contribution in [0.2, 0.25) is 0 Å². The van der Waals surface area contributed by atoms with Gasteiger partial charge in [0.25, 0.3) is 5.91 Å². The lowest BCUT2D eigenvalue weighted by Crippen LogP contribution is -2.15. The molecule has 0 saturated carbocycles. The molecule has 2 rings (SSSR count). The van der Waals surface area contributed by atoms with Gasteiger partial charge < -0.3 is 10.5 Å². The van der Waals surface area contributed by atoms with Gasteiger partial charge in [0, 0.05) is 5.39 Å². The number of nitrogens with two attached hydrogens (primary N) is 1. The molecule has 1 amide bonds. The molecule has 76 valence electrons. The highest BCUT2D eigenvalue weighted by Gasteiger charge is 2.14. The van der Waals surface area contributed by atoms with Crippen LogP contribution in [0, 0.1) is 0 Å². The number of carbonyl (C=O) groups is 1. The van der Waals surface area contributed by atoms with Crippen LogP contribution in [0.5, 0.6) is 5.75 Å². The number of nitrogens with zero attached hydrogens (tertiary/aromatic N) is 2. The molecular weight excluding hydrogens is 194 g/mol. The number of fused-ring (bicyclic) bond motifs is 1. The zero-order valence-corrected chi connectivity index (χ0v) is 8.10. The number of methoxy groups -OCH3 is 1. The number of amides is 1. The molecule has 0 saturated heterocycles. The molecule has 15 heavy (non-hydrogen) atoms. The van der Waals surface area contributed by atoms with Crippen LogP contribution >= 0.6 is 0 Å². The average molecular weight is 203 g/mol. The van der Waals surface area contributed by atoms with Gasteiger partial charge in [0.05, 0.1) is 12.6 Å². The first kappa shape index (κ1) is 9.39. The number of primary amides is 1. The quantitative estimate of drug-likeness (QED) is 0.780. The summed E-state index contributed by atoms with van der Waals surface area (Å²) in [6, 6.07) is 7.25. The summed E-state index contributed by atoms with van der Waals surface area (Å²) in [4.78, 5) is 11.1. The summed E-state index contributed by atoms with van der Waals surface area (Å²) in [6.07, 6.45) is 0. The molecule has 0 unspecified atom stereocenters. The van der Waals surface area contributed by atoms with Gasteiger partial charge in [-0.15, -0.1) is 10.2 Å². The smallest absolute Gasteiger partial charge is 0.273 e. The third-order valence-corrected chi connectivity index (χ3v) is 2.06. The summed E-state index contributed by atoms with van der Waals surface area (Å²) >= 11 is 0. The molecule has 1 aromatic heterocycles. The lowest BCUT2D eigenvalue weighted by Gasteiger charge is -2.06. The standard InChI is InChI=1S/C10H9N3O2/c1-15-9-6-4-2-3-5-7(6)12-13-8(9)10(11)14/h2-5H,1H3,(H2,11,14). The Kier molecular flexibility index (Phi) is 2.21. The van der Waals surface area contributed by atoms with Crippen molar-refractivity contribution >= 4 is 16.8 Å². The second kappa shape index (κ2) is 3.53. The molecule has 5 nitrogen and oxygen atoms in total. The minimum Gasteiger partial charge on any atom is -0.493 e. The highest BCUT2D eigenvalue weighted by Crippen LogP contribution is 2.25. The van der Waals surface area contributed by atoms with E-state index in [1.165, 1.54) is 7.11 Å². The normalized spacial score (nSPS) is 10.2. The topological polar surface area (TPSA) is 78.1 Å². The van der Waals surface area contributed by atoms with Crippen LogP contribution in [-0.4, -0.2) is 23.2 Å². The summed E-state index contributed by atoms with van der Waals surface area (Å²) < 4.78 is 5.12. The van der Waals surface area contributed by atoms with Crippen molar-refractivity contribution in [1.29, 1.82) is 0 Å². The molecule has 0 aliphatic carbocycles. The average Bonchev–Trinajstić information content (AvgIpc) is 2.27. The Bertz CT molecular complexity index is 525. The Morgan fingerprint density at radius 2 is 2.07 bits per heavy atom. The maximum absolute atomic E-state index is 11.1. The zero-order valence-electron chi connectivity index (χ0n) is 8.10. The second-order valence-electron chi connectivity index (χ2n) is 2.96. The Balaban J connectivity index is 2.81. The molecule has 1 heterocycles. The van der Waals surface area contributed by atoms with Gasteiger partial charge in [-0.3, -0.25) is 4.79 Å². The van der Waals surface area contributed by atoms with E-state index >= 15 is 0 Å². The molecule has 0 aliphatic rings. The van der Waals surface area contributed by atoms with E-state index in [2.05, 4.69) is 10.2 Å². The molecule has 1 aromatic carbocycles. The maximum Gasteiger partial charge on any atom is 0.273 e. The van der Waals surface area contributed by atoms with Crippen molar-refractivity contribution in [3.05, 3.63) is 30.0 Å². The lowest BCUT2D eigenvalue weighted by molar-refractivity contribution is 0.0991. The van der Waals surface area contributed by atoms with E-state index in [0.29, 0.717) is 11.3 Å². The molecular formula is C10H9N3O2. The van der Waals surface area contributed by atoms with Crippen molar-refractivity contribution in [2.45, 2.75) is 0 Å².